The van der Waals surface area contributed by atoms with Crippen LogP contribution in [0.2, 0.25) is 0 Å². The molecule has 1 aromatic rings. The molecule has 0 saturated carbocycles. The molecule has 0 aliphatic heterocycles. The third kappa shape index (κ3) is 4.55. The SMILES string of the molecule is N=C(N)c1cc(N(CCO)CC(F)F)ccc1C(F)(F)F. The number of nitrogens with two attached hydrogens (primary N) is 1. The molecule has 0 radical (unpaired) electrons. The van der Waals surface area contributed by atoms with E-state index in [4.69, 9.17) is 16.2 Å². The second-order valence-corrected chi connectivity index (χ2v) is 4.20. The minimum Gasteiger partial charge on any atom is -0.395 e. The van der Waals surface area contributed by atoms with Crippen LogP contribution in [-0.4, -0.2) is 37.1 Å². The van der Waals surface area contributed by atoms with Crippen molar-refractivity contribution in [1.29, 1.82) is 5.41 Å². The highest BCUT2D eigenvalue weighted by Gasteiger charge is 2.34. The van der Waals surface area contributed by atoms with Crippen LogP contribution in [0.3, 0.4) is 0 Å². The molecule has 9 heteroatoms. The van der Waals surface area contributed by atoms with Crippen molar-refractivity contribution in [3.8, 4) is 0 Å². The number of anilines is 1. The minimum absolute atomic E-state index is 0.0301. The first-order valence-corrected chi connectivity index (χ1v) is 5.86. The standard InChI is InChI=1S/C12H14F5N3O/c13-10(14)6-20(3-4-21)7-1-2-9(12(15,16)17)8(5-7)11(18)19/h1-2,5,10,21H,3-4,6H2,(H3,18,19). The van der Waals surface area contributed by atoms with E-state index < -0.39 is 42.7 Å². The van der Waals surface area contributed by atoms with Gasteiger partial charge in [-0.15, -0.1) is 0 Å². The molecule has 0 aliphatic carbocycles. The lowest BCUT2D eigenvalue weighted by Gasteiger charge is -2.25. The van der Waals surface area contributed by atoms with Crippen molar-refractivity contribution in [3.05, 3.63) is 29.3 Å². The third-order valence-corrected chi connectivity index (χ3v) is 2.69. The van der Waals surface area contributed by atoms with Crippen molar-refractivity contribution in [3.63, 3.8) is 0 Å². The van der Waals surface area contributed by atoms with Crippen LogP contribution >= 0.6 is 0 Å². The molecule has 1 aromatic carbocycles. The van der Waals surface area contributed by atoms with E-state index in [2.05, 4.69) is 0 Å². The van der Waals surface area contributed by atoms with E-state index in [1.165, 1.54) is 0 Å². The Morgan fingerprint density at radius 2 is 1.95 bits per heavy atom. The molecule has 0 aromatic heterocycles. The predicted molar refractivity (Wildman–Crippen MR) is 67.8 cm³/mol. The highest BCUT2D eigenvalue weighted by Crippen LogP contribution is 2.34. The molecule has 0 heterocycles. The number of hydrogen-bond acceptors (Lipinski definition) is 3. The van der Waals surface area contributed by atoms with Crippen LogP contribution in [0.4, 0.5) is 27.6 Å². The number of aliphatic hydroxyl groups is 1. The fraction of sp³-hybridized carbons (Fsp3) is 0.417. The van der Waals surface area contributed by atoms with Crippen LogP contribution in [0.5, 0.6) is 0 Å². The van der Waals surface area contributed by atoms with E-state index >= 15 is 0 Å². The number of nitrogens with one attached hydrogen (secondary N) is 1. The number of amidine groups is 1. The van der Waals surface area contributed by atoms with Gasteiger partial charge in [0.2, 0.25) is 0 Å². The molecule has 4 N–H and O–H groups in total. The van der Waals surface area contributed by atoms with E-state index in [1.54, 1.807) is 0 Å². The van der Waals surface area contributed by atoms with Gasteiger partial charge in [-0.1, -0.05) is 0 Å². The summed E-state index contributed by atoms with van der Waals surface area (Å²) < 4.78 is 63.2. The van der Waals surface area contributed by atoms with Crippen LogP contribution in [0, 0.1) is 5.41 Å². The smallest absolute Gasteiger partial charge is 0.395 e. The Morgan fingerprint density at radius 3 is 2.38 bits per heavy atom. The maximum atomic E-state index is 12.8. The normalized spacial score (nSPS) is 11.8. The first-order chi connectivity index (χ1) is 9.66. The maximum absolute atomic E-state index is 12.8. The first-order valence-electron chi connectivity index (χ1n) is 5.86. The molecule has 0 atom stereocenters. The van der Waals surface area contributed by atoms with Gasteiger partial charge in [0, 0.05) is 17.8 Å². The Balaban J connectivity index is 3.25. The fourth-order valence-electron chi connectivity index (χ4n) is 1.81. The van der Waals surface area contributed by atoms with Crippen LogP contribution in [-0.2, 0) is 6.18 Å². The summed E-state index contributed by atoms with van der Waals surface area (Å²) in [5.74, 6) is -0.815. The summed E-state index contributed by atoms with van der Waals surface area (Å²) in [4.78, 5) is 1.03. The maximum Gasteiger partial charge on any atom is 0.417 e. The van der Waals surface area contributed by atoms with Gasteiger partial charge in [0.05, 0.1) is 18.7 Å². The zero-order chi connectivity index (χ0) is 16.2. The summed E-state index contributed by atoms with van der Waals surface area (Å²) in [5.41, 5.74) is 3.46. The second kappa shape index (κ2) is 6.70. The monoisotopic (exact) mass is 311 g/mol. The van der Waals surface area contributed by atoms with Crippen molar-refractivity contribution in [2.75, 3.05) is 24.6 Å². The Kier molecular flexibility index (Phi) is 5.47. The van der Waals surface area contributed by atoms with Crippen molar-refractivity contribution in [2.24, 2.45) is 5.73 Å². The average molecular weight is 311 g/mol. The van der Waals surface area contributed by atoms with E-state index in [0.29, 0.717) is 6.07 Å². The van der Waals surface area contributed by atoms with Gasteiger partial charge in [0.1, 0.15) is 5.84 Å². The van der Waals surface area contributed by atoms with Gasteiger partial charge in [-0.25, -0.2) is 8.78 Å². The zero-order valence-electron chi connectivity index (χ0n) is 10.8. The van der Waals surface area contributed by atoms with Crippen LogP contribution in [0.25, 0.3) is 0 Å². The Hall–Kier alpha value is -1.90. The molecule has 0 bridgehead atoms. The van der Waals surface area contributed by atoms with Crippen LogP contribution < -0.4 is 10.6 Å². The Labute approximate surface area is 117 Å². The topological polar surface area (TPSA) is 73.3 Å². The number of benzene rings is 1. The van der Waals surface area contributed by atoms with Crippen molar-refractivity contribution in [2.45, 2.75) is 12.6 Å². The lowest BCUT2D eigenvalue weighted by molar-refractivity contribution is -0.137. The largest absolute Gasteiger partial charge is 0.417 e. The number of alkyl halides is 5. The highest BCUT2D eigenvalue weighted by atomic mass is 19.4. The van der Waals surface area contributed by atoms with Gasteiger partial charge in [0.25, 0.3) is 6.43 Å². The van der Waals surface area contributed by atoms with Crippen LogP contribution in [0.15, 0.2) is 18.2 Å². The number of hydrogen-bond donors (Lipinski definition) is 3. The minimum atomic E-state index is -4.70. The number of aliphatic hydroxyl groups excluding tert-OH is 1. The Bertz CT molecular complexity index is 504. The summed E-state index contributed by atoms with van der Waals surface area (Å²) in [6.45, 7) is -1.36. The summed E-state index contributed by atoms with van der Waals surface area (Å²) in [7, 11) is 0. The summed E-state index contributed by atoms with van der Waals surface area (Å²) >= 11 is 0. The summed E-state index contributed by atoms with van der Waals surface area (Å²) in [6, 6.07) is 2.61. The second-order valence-electron chi connectivity index (χ2n) is 4.20. The molecular formula is C12H14F5N3O. The zero-order valence-corrected chi connectivity index (χ0v) is 10.8. The molecule has 0 saturated heterocycles. The molecule has 0 aliphatic rings. The molecule has 118 valence electrons. The van der Waals surface area contributed by atoms with E-state index in [-0.39, 0.29) is 12.2 Å². The summed E-state index contributed by atoms with van der Waals surface area (Å²) in [6.07, 6.45) is -7.43. The number of halogens is 5. The number of nitrogen functional groups attached to an aromatic ring is 1. The quantitative estimate of drug-likeness (QED) is 0.428. The average Bonchev–Trinajstić information content (AvgIpc) is 2.36. The molecule has 0 fully saturated rings. The summed E-state index contributed by atoms with van der Waals surface area (Å²) in [5, 5.41) is 16.0. The predicted octanol–water partition coefficient (Wildman–Crippen LogP) is 2.05. The van der Waals surface area contributed by atoms with Gasteiger partial charge in [-0.2, -0.15) is 13.2 Å². The van der Waals surface area contributed by atoms with Crippen molar-refractivity contribution < 1.29 is 27.1 Å². The molecule has 0 spiro atoms. The lowest BCUT2D eigenvalue weighted by atomic mass is 10.0. The van der Waals surface area contributed by atoms with Gasteiger partial charge in [-0.3, -0.25) is 5.41 Å². The van der Waals surface area contributed by atoms with E-state index in [9.17, 15) is 22.0 Å². The van der Waals surface area contributed by atoms with Gasteiger partial charge in [0.15, 0.2) is 0 Å². The molecule has 21 heavy (non-hydrogen) atoms. The molecule has 4 nitrogen and oxygen atoms in total. The molecule has 0 amide bonds. The Morgan fingerprint density at radius 1 is 1.33 bits per heavy atom. The van der Waals surface area contributed by atoms with Crippen molar-refractivity contribution in [1.82, 2.24) is 0 Å². The number of rotatable bonds is 6. The molecular weight excluding hydrogens is 297 g/mol. The van der Waals surface area contributed by atoms with E-state index in [0.717, 1.165) is 17.0 Å². The highest BCUT2D eigenvalue weighted by molar-refractivity contribution is 5.97. The van der Waals surface area contributed by atoms with E-state index in [1.807, 2.05) is 0 Å². The molecule has 1 rings (SSSR count). The van der Waals surface area contributed by atoms with Crippen molar-refractivity contribution >= 4 is 11.5 Å². The molecule has 0 unspecified atom stereocenters. The fourth-order valence-corrected chi connectivity index (χ4v) is 1.81. The first kappa shape index (κ1) is 17.2. The van der Waals surface area contributed by atoms with Gasteiger partial charge in [-0.05, 0) is 18.2 Å². The van der Waals surface area contributed by atoms with Gasteiger partial charge < -0.3 is 15.7 Å². The van der Waals surface area contributed by atoms with Gasteiger partial charge >= 0.3 is 6.18 Å². The van der Waals surface area contributed by atoms with Crippen LogP contribution in [0.1, 0.15) is 11.1 Å². The third-order valence-electron chi connectivity index (χ3n) is 2.69. The lowest BCUT2D eigenvalue weighted by Crippen LogP contribution is -2.32. The number of nitrogens with zero attached hydrogens (tertiary/aromatic N) is 1.